The first kappa shape index (κ1) is 18.7. The number of aromatic carboxylic acids is 1. The Morgan fingerprint density at radius 3 is 2.52 bits per heavy atom. The molecule has 25 heavy (non-hydrogen) atoms. The summed E-state index contributed by atoms with van der Waals surface area (Å²) in [5.41, 5.74) is 6.62. The molecule has 0 atom stereocenters. The molecule has 0 spiro atoms. The minimum Gasteiger partial charge on any atom is -0.478 e. The van der Waals surface area contributed by atoms with E-state index in [2.05, 4.69) is 42.6 Å². The van der Waals surface area contributed by atoms with Crippen molar-refractivity contribution in [1.82, 2.24) is 5.43 Å². The molecule has 2 aromatic carbocycles. The van der Waals surface area contributed by atoms with Gasteiger partial charge in [0.1, 0.15) is 0 Å². The number of nitrogens with zero attached hydrogens (tertiary/aromatic N) is 1. The van der Waals surface area contributed by atoms with Crippen LogP contribution >= 0.6 is 11.8 Å². The lowest BCUT2D eigenvalue weighted by atomic mass is 10.1. The number of carbonyl (C=O) groups excluding carboxylic acids is 1. The summed E-state index contributed by atoms with van der Waals surface area (Å²) in [5.74, 6) is -0.220. The molecule has 5 nitrogen and oxygen atoms in total. The first-order valence-corrected chi connectivity index (χ1v) is 8.90. The summed E-state index contributed by atoms with van der Waals surface area (Å²) in [5, 5.41) is 12.9. The van der Waals surface area contributed by atoms with Crippen LogP contribution in [-0.2, 0) is 10.5 Å². The second-order valence-electron chi connectivity index (χ2n) is 5.67. The highest BCUT2D eigenvalue weighted by Gasteiger charge is 2.07. The average molecular weight is 356 g/mol. The van der Waals surface area contributed by atoms with Gasteiger partial charge in [0.15, 0.2) is 0 Å². The van der Waals surface area contributed by atoms with Crippen LogP contribution in [0.1, 0.15) is 32.6 Å². The van der Waals surface area contributed by atoms with E-state index in [1.165, 1.54) is 40.7 Å². The van der Waals surface area contributed by atoms with Crippen molar-refractivity contribution in [3.05, 3.63) is 70.3 Å². The molecule has 2 rings (SSSR count). The van der Waals surface area contributed by atoms with Crippen molar-refractivity contribution in [2.75, 3.05) is 5.75 Å². The van der Waals surface area contributed by atoms with Gasteiger partial charge < -0.3 is 5.11 Å². The Labute approximate surface area is 151 Å². The monoisotopic (exact) mass is 356 g/mol. The van der Waals surface area contributed by atoms with E-state index in [0.717, 1.165) is 5.75 Å². The lowest BCUT2D eigenvalue weighted by molar-refractivity contribution is -0.118. The maximum atomic E-state index is 11.8. The minimum atomic E-state index is -1.03. The molecular weight excluding hydrogens is 336 g/mol. The zero-order valence-electron chi connectivity index (χ0n) is 14.2. The number of carboxylic acids is 1. The molecule has 0 saturated heterocycles. The Kier molecular flexibility index (Phi) is 6.77. The highest BCUT2D eigenvalue weighted by atomic mass is 32.2. The first-order chi connectivity index (χ1) is 12.0. The van der Waals surface area contributed by atoms with E-state index in [0.29, 0.717) is 5.56 Å². The van der Waals surface area contributed by atoms with E-state index in [1.807, 2.05) is 0 Å². The fraction of sp³-hybridized carbons (Fsp3) is 0.211. The summed E-state index contributed by atoms with van der Waals surface area (Å²) < 4.78 is 0. The van der Waals surface area contributed by atoms with Crippen LogP contribution in [0.5, 0.6) is 0 Å². The van der Waals surface area contributed by atoms with Gasteiger partial charge in [-0.05, 0) is 25.5 Å². The number of hydrogen-bond acceptors (Lipinski definition) is 4. The normalized spacial score (nSPS) is 10.8. The maximum absolute atomic E-state index is 11.8. The summed E-state index contributed by atoms with van der Waals surface area (Å²) >= 11 is 1.51. The highest BCUT2D eigenvalue weighted by Crippen LogP contribution is 2.15. The Hall–Kier alpha value is -2.60. The molecule has 2 N–H and O–H groups in total. The van der Waals surface area contributed by atoms with E-state index in [4.69, 9.17) is 5.11 Å². The number of hydrazone groups is 1. The number of hydrogen-bond donors (Lipinski definition) is 2. The van der Waals surface area contributed by atoms with Crippen LogP contribution in [0.2, 0.25) is 0 Å². The third-order valence-electron chi connectivity index (χ3n) is 3.37. The standard InChI is InChI=1S/C19H20N2O3S/c1-13-7-14(2)9-15(8-13)11-25-12-18(22)21-20-10-16-5-3-4-6-17(16)19(23)24/h3-10H,11-12H2,1-2H3,(H,21,22)(H,23,24). The van der Waals surface area contributed by atoms with Crippen molar-refractivity contribution in [3.8, 4) is 0 Å². The summed E-state index contributed by atoms with van der Waals surface area (Å²) in [6.45, 7) is 4.11. The predicted octanol–water partition coefficient (Wildman–Crippen LogP) is 3.39. The van der Waals surface area contributed by atoms with Gasteiger partial charge in [-0.2, -0.15) is 5.10 Å². The third-order valence-corrected chi connectivity index (χ3v) is 4.37. The number of carbonyl (C=O) groups is 2. The molecule has 0 aromatic heterocycles. The quantitative estimate of drug-likeness (QED) is 0.589. The largest absolute Gasteiger partial charge is 0.478 e. The second-order valence-corrected chi connectivity index (χ2v) is 6.66. The van der Waals surface area contributed by atoms with Crippen LogP contribution in [0.25, 0.3) is 0 Å². The van der Waals surface area contributed by atoms with Gasteiger partial charge in [0.25, 0.3) is 0 Å². The Bertz CT molecular complexity index is 783. The van der Waals surface area contributed by atoms with Crippen molar-refractivity contribution in [1.29, 1.82) is 0 Å². The Morgan fingerprint density at radius 2 is 1.84 bits per heavy atom. The van der Waals surface area contributed by atoms with Crippen molar-refractivity contribution < 1.29 is 14.7 Å². The molecule has 0 aliphatic heterocycles. The molecular formula is C19H20N2O3S. The summed E-state index contributed by atoms with van der Waals surface area (Å²) in [4.78, 5) is 22.9. The predicted molar refractivity (Wildman–Crippen MR) is 101 cm³/mol. The summed E-state index contributed by atoms with van der Waals surface area (Å²) in [6, 6.07) is 12.8. The number of nitrogens with one attached hydrogen (secondary N) is 1. The van der Waals surface area contributed by atoms with E-state index >= 15 is 0 Å². The van der Waals surface area contributed by atoms with Gasteiger partial charge in [0.05, 0.1) is 17.5 Å². The molecule has 130 valence electrons. The van der Waals surface area contributed by atoms with E-state index in [1.54, 1.807) is 18.2 Å². The van der Waals surface area contributed by atoms with Gasteiger partial charge in [0.2, 0.25) is 5.91 Å². The Morgan fingerprint density at radius 1 is 1.16 bits per heavy atom. The van der Waals surface area contributed by atoms with Crippen molar-refractivity contribution >= 4 is 29.9 Å². The molecule has 0 unspecified atom stereocenters. The smallest absolute Gasteiger partial charge is 0.336 e. The molecule has 0 bridgehead atoms. The zero-order valence-corrected chi connectivity index (χ0v) is 15.0. The van der Waals surface area contributed by atoms with E-state index in [-0.39, 0.29) is 17.2 Å². The zero-order chi connectivity index (χ0) is 18.2. The summed E-state index contributed by atoms with van der Waals surface area (Å²) in [6.07, 6.45) is 1.34. The van der Waals surface area contributed by atoms with Crippen LogP contribution in [-0.4, -0.2) is 29.0 Å². The number of amides is 1. The number of aryl methyl sites for hydroxylation is 2. The minimum absolute atomic E-state index is 0.143. The second kappa shape index (κ2) is 9.03. The van der Waals surface area contributed by atoms with Crippen molar-refractivity contribution in [2.24, 2.45) is 5.10 Å². The van der Waals surface area contributed by atoms with Gasteiger partial charge in [-0.25, -0.2) is 10.2 Å². The van der Waals surface area contributed by atoms with Crippen LogP contribution in [0.3, 0.4) is 0 Å². The lowest BCUT2D eigenvalue weighted by Gasteiger charge is -2.05. The fourth-order valence-electron chi connectivity index (χ4n) is 2.42. The first-order valence-electron chi connectivity index (χ1n) is 7.75. The highest BCUT2D eigenvalue weighted by molar-refractivity contribution is 7.99. The van der Waals surface area contributed by atoms with Gasteiger partial charge in [-0.1, -0.05) is 47.5 Å². The maximum Gasteiger partial charge on any atom is 0.336 e. The molecule has 0 aliphatic rings. The van der Waals surface area contributed by atoms with Gasteiger partial charge in [-0.15, -0.1) is 11.8 Å². The number of rotatable bonds is 7. The van der Waals surface area contributed by atoms with Gasteiger partial charge >= 0.3 is 5.97 Å². The van der Waals surface area contributed by atoms with Crippen LogP contribution < -0.4 is 5.43 Å². The fourth-order valence-corrected chi connectivity index (χ4v) is 3.18. The molecule has 0 heterocycles. The average Bonchev–Trinajstić information content (AvgIpc) is 2.54. The number of benzene rings is 2. The van der Waals surface area contributed by atoms with Crippen molar-refractivity contribution in [2.45, 2.75) is 19.6 Å². The van der Waals surface area contributed by atoms with Gasteiger partial charge in [0, 0.05) is 11.3 Å². The number of thioether (sulfide) groups is 1. The van der Waals surface area contributed by atoms with Crippen molar-refractivity contribution in [3.63, 3.8) is 0 Å². The Balaban J connectivity index is 1.82. The SMILES string of the molecule is Cc1cc(C)cc(CSCC(=O)NN=Cc2ccccc2C(=O)O)c1. The molecule has 0 fully saturated rings. The molecule has 0 aliphatic carbocycles. The molecule has 0 radical (unpaired) electrons. The number of carboxylic acid groups (broad SMARTS) is 1. The third kappa shape index (κ3) is 6.08. The van der Waals surface area contributed by atoms with Crippen LogP contribution in [0.15, 0.2) is 47.6 Å². The van der Waals surface area contributed by atoms with Crippen LogP contribution in [0, 0.1) is 13.8 Å². The molecule has 6 heteroatoms. The van der Waals surface area contributed by atoms with E-state index in [9.17, 15) is 9.59 Å². The summed E-state index contributed by atoms with van der Waals surface area (Å²) in [7, 11) is 0. The van der Waals surface area contributed by atoms with E-state index < -0.39 is 5.97 Å². The molecule has 2 aromatic rings. The molecule has 0 saturated carbocycles. The molecule has 1 amide bonds. The topological polar surface area (TPSA) is 78.8 Å². The van der Waals surface area contributed by atoms with Crippen LogP contribution in [0.4, 0.5) is 0 Å². The lowest BCUT2D eigenvalue weighted by Crippen LogP contribution is -2.20. The van der Waals surface area contributed by atoms with Gasteiger partial charge in [-0.3, -0.25) is 4.79 Å².